The summed E-state index contributed by atoms with van der Waals surface area (Å²) >= 11 is 0. The Balaban J connectivity index is 1.77. The van der Waals surface area contributed by atoms with E-state index < -0.39 is 5.79 Å². The second kappa shape index (κ2) is 6.52. The summed E-state index contributed by atoms with van der Waals surface area (Å²) in [6.45, 7) is 7.53. The van der Waals surface area contributed by atoms with E-state index in [0.717, 1.165) is 23.8 Å². The Labute approximate surface area is 153 Å². The van der Waals surface area contributed by atoms with Crippen LogP contribution in [0.5, 0.6) is 0 Å². The van der Waals surface area contributed by atoms with Crippen LogP contribution in [0.1, 0.15) is 39.4 Å². The fourth-order valence-corrected chi connectivity index (χ4v) is 3.52. The summed E-state index contributed by atoms with van der Waals surface area (Å²) in [5.74, 6) is -0.340. The van der Waals surface area contributed by atoms with Crippen LogP contribution in [0.25, 0.3) is 11.0 Å². The van der Waals surface area contributed by atoms with E-state index in [1.165, 1.54) is 6.33 Å². The minimum absolute atomic E-state index is 0.0616. The van der Waals surface area contributed by atoms with Crippen molar-refractivity contribution in [1.82, 2.24) is 14.8 Å². The molecule has 0 saturated carbocycles. The lowest BCUT2D eigenvalue weighted by atomic mass is 9.83. The fourth-order valence-electron chi connectivity index (χ4n) is 3.52. The maximum atomic E-state index is 6.61. The Hall–Kier alpha value is -2.18. The SMILES string of the molecule is CCC[C@H]1O[C@](Cn2cncn2)(c2cc3ccccc3o2)OCC1(C)C. The zero-order valence-electron chi connectivity index (χ0n) is 15.5. The smallest absolute Gasteiger partial charge is 0.249 e. The molecule has 4 rings (SSSR count). The van der Waals surface area contributed by atoms with Gasteiger partial charge in [-0.25, -0.2) is 9.67 Å². The summed E-state index contributed by atoms with van der Waals surface area (Å²) in [7, 11) is 0. The Morgan fingerprint density at radius 1 is 1.27 bits per heavy atom. The van der Waals surface area contributed by atoms with Crippen molar-refractivity contribution in [2.45, 2.75) is 52.0 Å². The molecule has 3 heterocycles. The molecule has 26 heavy (non-hydrogen) atoms. The standard InChI is InChI=1S/C20H25N3O3/c1-4-7-17-19(2,3)12-24-20(26-17,11-23-14-21-13-22-23)18-10-15-8-5-6-9-16(15)25-18/h5-6,8-10,13-14,17H,4,7,11-12H2,1-3H3/t17-,20-/m1/s1. The quantitative estimate of drug-likeness (QED) is 0.689. The third kappa shape index (κ3) is 3.04. The second-order valence-corrected chi connectivity index (χ2v) is 7.67. The predicted octanol–water partition coefficient (Wildman–Crippen LogP) is 4.12. The van der Waals surface area contributed by atoms with E-state index >= 15 is 0 Å². The molecule has 2 aromatic heterocycles. The molecule has 6 heteroatoms. The van der Waals surface area contributed by atoms with Gasteiger partial charge in [0.2, 0.25) is 5.79 Å². The van der Waals surface area contributed by atoms with Crippen molar-refractivity contribution in [2.24, 2.45) is 5.41 Å². The molecule has 6 nitrogen and oxygen atoms in total. The predicted molar refractivity (Wildman–Crippen MR) is 97.4 cm³/mol. The third-order valence-electron chi connectivity index (χ3n) is 5.07. The van der Waals surface area contributed by atoms with E-state index in [9.17, 15) is 0 Å². The van der Waals surface area contributed by atoms with Gasteiger partial charge in [-0.2, -0.15) is 5.10 Å². The lowest BCUT2D eigenvalue weighted by Gasteiger charge is -2.47. The zero-order chi connectivity index (χ0) is 18.2. The number of fused-ring (bicyclic) bond motifs is 1. The largest absolute Gasteiger partial charge is 0.455 e. The van der Waals surface area contributed by atoms with Crippen molar-refractivity contribution < 1.29 is 13.9 Å². The van der Waals surface area contributed by atoms with Crippen LogP contribution < -0.4 is 0 Å². The Bertz CT molecular complexity index is 838. The van der Waals surface area contributed by atoms with Crippen LogP contribution in [0.3, 0.4) is 0 Å². The highest BCUT2D eigenvalue weighted by atomic mass is 16.7. The number of nitrogens with zero attached hydrogens (tertiary/aromatic N) is 3. The molecule has 2 atom stereocenters. The fraction of sp³-hybridized carbons (Fsp3) is 0.500. The summed E-state index contributed by atoms with van der Waals surface area (Å²) < 4.78 is 20.8. The summed E-state index contributed by atoms with van der Waals surface area (Å²) in [4.78, 5) is 4.05. The maximum Gasteiger partial charge on any atom is 0.249 e. The number of hydrogen-bond acceptors (Lipinski definition) is 5. The molecule has 1 fully saturated rings. The van der Waals surface area contributed by atoms with Crippen molar-refractivity contribution in [2.75, 3.05) is 6.61 Å². The summed E-state index contributed by atoms with van der Waals surface area (Å²) in [5.41, 5.74) is 0.762. The van der Waals surface area contributed by atoms with E-state index in [0.29, 0.717) is 18.9 Å². The number of benzene rings is 1. The highest BCUT2D eigenvalue weighted by Crippen LogP contribution is 2.44. The van der Waals surface area contributed by atoms with Crippen LogP contribution in [0.4, 0.5) is 0 Å². The Kier molecular flexibility index (Phi) is 4.32. The highest BCUT2D eigenvalue weighted by molar-refractivity contribution is 5.77. The van der Waals surface area contributed by atoms with E-state index in [1.807, 2.05) is 30.3 Å². The number of ether oxygens (including phenoxy) is 2. The lowest BCUT2D eigenvalue weighted by molar-refractivity contribution is -0.351. The van der Waals surface area contributed by atoms with Gasteiger partial charge >= 0.3 is 0 Å². The molecule has 0 amide bonds. The molecule has 1 aromatic carbocycles. The van der Waals surface area contributed by atoms with Crippen molar-refractivity contribution in [1.29, 1.82) is 0 Å². The zero-order valence-corrected chi connectivity index (χ0v) is 15.5. The Morgan fingerprint density at radius 3 is 2.85 bits per heavy atom. The van der Waals surface area contributed by atoms with Gasteiger partial charge in [0.25, 0.3) is 0 Å². The van der Waals surface area contributed by atoms with Gasteiger partial charge in [-0.3, -0.25) is 0 Å². The van der Waals surface area contributed by atoms with Crippen LogP contribution in [-0.2, 0) is 21.8 Å². The number of hydrogen-bond donors (Lipinski definition) is 0. The van der Waals surface area contributed by atoms with Gasteiger partial charge in [0.1, 0.15) is 24.8 Å². The molecule has 1 aliphatic rings. The molecule has 3 aromatic rings. The lowest BCUT2D eigenvalue weighted by Crippen LogP contribution is -2.53. The monoisotopic (exact) mass is 355 g/mol. The first-order valence-corrected chi connectivity index (χ1v) is 9.16. The summed E-state index contributed by atoms with van der Waals surface area (Å²) in [5, 5.41) is 5.28. The average molecular weight is 355 g/mol. The van der Waals surface area contributed by atoms with Gasteiger partial charge < -0.3 is 13.9 Å². The first-order valence-electron chi connectivity index (χ1n) is 9.16. The van der Waals surface area contributed by atoms with Gasteiger partial charge in [0.05, 0.1) is 12.7 Å². The molecule has 0 bridgehead atoms. The van der Waals surface area contributed by atoms with Crippen LogP contribution in [0.15, 0.2) is 47.4 Å². The summed E-state index contributed by atoms with van der Waals surface area (Å²) in [6.07, 6.45) is 5.27. The van der Waals surface area contributed by atoms with Crippen molar-refractivity contribution >= 4 is 11.0 Å². The van der Waals surface area contributed by atoms with Gasteiger partial charge in [-0.15, -0.1) is 0 Å². The van der Waals surface area contributed by atoms with Gasteiger partial charge in [-0.05, 0) is 18.6 Å². The molecule has 1 aliphatic heterocycles. The van der Waals surface area contributed by atoms with E-state index in [-0.39, 0.29) is 11.5 Å². The van der Waals surface area contributed by atoms with E-state index in [2.05, 4.69) is 30.9 Å². The van der Waals surface area contributed by atoms with Crippen LogP contribution in [0, 0.1) is 5.41 Å². The minimum atomic E-state index is -1.01. The van der Waals surface area contributed by atoms with Crippen LogP contribution in [-0.4, -0.2) is 27.5 Å². The molecule has 0 aliphatic carbocycles. The molecule has 138 valence electrons. The number of para-hydroxylation sites is 1. The Morgan fingerprint density at radius 2 is 2.12 bits per heavy atom. The van der Waals surface area contributed by atoms with Crippen molar-refractivity contribution in [3.8, 4) is 0 Å². The van der Waals surface area contributed by atoms with E-state index in [4.69, 9.17) is 13.9 Å². The molecule has 0 N–H and O–H groups in total. The van der Waals surface area contributed by atoms with Gasteiger partial charge in [0, 0.05) is 10.8 Å². The van der Waals surface area contributed by atoms with Gasteiger partial charge in [-0.1, -0.05) is 45.4 Å². The molecule has 0 radical (unpaired) electrons. The number of aromatic nitrogens is 3. The molecular formula is C20H25N3O3. The third-order valence-corrected chi connectivity index (χ3v) is 5.07. The normalized spacial score (nSPS) is 25.6. The maximum absolute atomic E-state index is 6.61. The second-order valence-electron chi connectivity index (χ2n) is 7.67. The summed E-state index contributed by atoms with van der Waals surface area (Å²) in [6, 6.07) is 9.95. The first-order chi connectivity index (χ1) is 12.5. The molecule has 1 saturated heterocycles. The topological polar surface area (TPSA) is 62.3 Å². The van der Waals surface area contributed by atoms with Crippen LogP contribution in [0.2, 0.25) is 0 Å². The molecular weight excluding hydrogens is 330 g/mol. The molecule has 0 unspecified atom stereocenters. The van der Waals surface area contributed by atoms with Gasteiger partial charge in [0.15, 0.2) is 5.76 Å². The molecule has 0 spiro atoms. The van der Waals surface area contributed by atoms with Crippen molar-refractivity contribution in [3.63, 3.8) is 0 Å². The first kappa shape index (κ1) is 17.2. The highest BCUT2D eigenvalue weighted by Gasteiger charge is 2.50. The minimum Gasteiger partial charge on any atom is -0.455 e. The number of rotatable bonds is 5. The average Bonchev–Trinajstić information content (AvgIpc) is 3.28. The number of furan rings is 1. The van der Waals surface area contributed by atoms with Crippen molar-refractivity contribution in [3.05, 3.63) is 48.7 Å². The van der Waals surface area contributed by atoms with E-state index in [1.54, 1.807) is 11.0 Å². The van der Waals surface area contributed by atoms with Crippen LogP contribution >= 0.6 is 0 Å².